The van der Waals surface area contributed by atoms with Crippen molar-refractivity contribution >= 4 is 35.6 Å². The minimum atomic E-state index is -0.446. The largest absolute Gasteiger partial charge is 0.490 e. The van der Waals surface area contributed by atoms with Gasteiger partial charge in [0.2, 0.25) is 0 Å². The van der Waals surface area contributed by atoms with Crippen LogP contribution in [-0.2, 0) is 6.54 Å². The first-order chi connectivity index (χ1) is 9.20. The van der Waals surface area contributed by atoms with Gasteiger partial charge in [0.25, 0.3) is 0 Å². The van der Waals surface area contributed by atoms with Crippen LogP contribution in [0.15, 0.2) is 23.2 Å². The van der Waals surface area contributed by atoms with Gasteiger partial charge in [0, 0.05) is 25.7 Å². The lowest BCUT2D eigenvalue weighted by Crippen LogP contribution is -2.40. The molecule has 1 heterocycles. The van der Waals surface area contributed by atoms with Crippen molar-refractivity contribution in [2.24, 2.45) is 4.99 Å². The number of nitrogens with one attached hydrogen (secondary N) is 2. The highest BCUT2D eigenvalue weighted by atomic mass is 127. The van der Waals surface area contributed by atoms with E-state index in [1.165, 1.54) is 13.2 Å². The van der Waals surface area contributed by atoms with Gasteiger partial charge in [-0.3, -0.25) is 15.1 Å². The second-order valence-corrected chi connectivity index (χ2v) is 4.13. The predicted octanol–water partition coefficient (Wildman–Crippen LogP) is 1.66. The van der Waals surface area contributed by atoms with Crippen LogP contribution in [0.3, 0.4) is 0 Å². The Balaban J connectivity index is 0.00000200. The van der Waals surface area contributed by atoms with Crippen LogP contribution in [0.25, 0.3) is 0 Å². The van der Waals surface area contributed by atoms with E-state index in [9.17, 15) is 10.1 Å². The Hall–Kier alpha value is -1.58. The molecular formula is C12H17IN4O3. The molecule has 0 saturated heterocycles. The molecule has 1 aliphatic heterocycles. The predicted molar refractivity (Wildman–Crippen MR) is 86.8 cm³/mol. The number of aliphatic imine (C=N–C) groups is 1. The highest BCUT2D eigenvalue weighted by molar-refractivity contribution is 14.0. The van der Waals surface area contributed by atoms with Crippen molar-refractivity contribution in [3.63, 3.8) is 0 Å². The molecule has 110 valence electrons. The van der Waals surface area contributed by atoms with E-state index in [0.717, 1.165) is 31.0 Å². The molecule has 0 spiro atoms. The van der Waals surface area contributed by atoms with Crippen LogP contribution in [0.4, 0.5) is 5.69 Å². The van der Waals surface area contributed by atoms with Gasteiger partial charge in [-0.25, -0.2) is 0 Å². The number of rotatable bonds is 4. The summed E-state index contributed by atoms with van der Waals surface area (Å²) in [7, 11) is 1.42. The summed E-state index contributed by atoms with van der Waals surface area (Å²) in [6, 6.07) is 4.91. The summed E-state index contributed by atoms with van der Waals surface area (Å²) in [5.41, 5.74) is 0.780. The number of guanidine groups is 1. The van der Waals surface area contributed by atoms with Gasteiger partial charge in [-0.1, -0.05) is 6.07 Å². The van der Waals surface area contributed by atoms with Crippen molar-refractivity contribution < 1.29 is 9.66 Å². The van der Waals surface area contributed by atoms with Gasteiger partial charge in [-0.05, 0) is 18.1 Å². The quantitative estimate of drug-likeness (QED) is 0.462. The topological polar surface area (TPSA) is 88.8 Å². The average molecular weight is 392 g/mol. The molecule has 0 aliphatic carbocycles. The molecule has 20 heavy (non-hydrogen) atoms. The van der Waals surface area contributed by atoms with Crippen LogP contribution >= 0.6 is 24.0 Å². The lowest BCUT2D eigenvalue weighted by atomic mass is 10.2. The van der Waals surface area contributed by atoms with Gasteiger partial charge < -0.3 is 15.4 Å². The third-order valence-electron chi connectivity index (χ3n) is 2.80. The molecule has 0 saturated carbocycles. The van der Waals surface area contributed by atoms with E-state index in [0.29, 0.717) is 6.54 Å². The number of ether oxygens (including phenoxy) is 1. The highest BCUT2D eigenvalue weighted by Gasteiger charge is 2.15. The number of halogens is 1. The fraction of sp³-hybridized carbons (Fsp3) is 0.417. The zero-order valence-electron chi connectivity index (χ0n) is 11.1. The zero-order valence-corrected chi connectivity index (χ0v) is 13.4. The molecule has 0 atom stereocenters. The zero-order chi connectivity index (χ0) is 13.7. The van der Waals surface area contributed by atoms with Crippen molar-refractivity contribution in [2.75, 3.05) is 20.2 Å². The van der Waals surface area contributed by atoms with Crippen LogP contribution in [0.5, 0.6) is 5.75 Å². The number of nitro groups is 1. The summed E-state index contributed by atoms with van der Waals surface area (Å²) < 4.78 is 4.96. The van der Waals surface area contributed by atoms with E-state index >= 15 is 0 Å². The summed E-state index contributed by atoms with van der Waals surface area (Å²) >= 11 is 0. The fourth-order valence-corrected chi connectivity index (χ4v) is 1.82. The third-order valence-corrected chi connectivity index (χ3v) is 2.80. The Morgan fingerprint density at radius 1 is 1.55 bits per heavy atom. The van der Waals surface area contributed by atoms with E-state index in [1.54, 1.807) is 12.1 Å². The van der Waals surface area contributed by atoms with E-state index in [4.69, 9.17) is 4.74 Å². The lowest BCUT2D eigenvalue weighted by molar-refractivity contribution is -0.385. The maximum Gasteiger partial charge on any atom is 0.311 e. The second kappa shape index (κ2) is 7.88. The normalized spacial score (nSPS) is 13.6. The summed E-state index contributed by atoms with van der Waals surface area (Å²) in [6.07, 6.45) is 1.03. The van der Waals surface area contributed by atoms with E-state index in [-0.39, 0.29) is 35.4 Å². The van der Waals surface area contributed by atoms with Gasteiger partial charge in [0.15, 0.2) is 11.7 Å². The Bertz CT molecular complexity index is 507. The molecule has 0 bridgehead atoms. The third kappa shape index (κ3) is 4.22. The Kier molecular flexibility index (Phi) is 6.49. The summed E-state index contributed by atoms with van der Waals surface area (Å²) in [5, 5.41) is 17.2. The monoisotopic (exact) mass is 392 g/mol. The molecule has 1 aromatic carbocycles. The minimum Gasteiger partial charge on any atom is -0.490 e. The second-order valence-electron chi connectivity index (χ2n) is 4.13. The van der Waals surface area contributed by atoms with E-state index in [1.807, 2.05) is 0 Å². The summed E-state index contributed by atoms with van der Waals surface area (Å²) in [6.45, 7) is 2.18. The van der Waals surface area contributed by atoms with Crippen molar-refractivity contribution in [1.82, 2.24) is 10.6 Å². The molecule has 1 aliphatic rings. The van der Waals surface area contributed by atoms with Gasteiger partial charge in [-0.2, -0.15) is 0 Å². The smallest absolute Gasteiger partial charge is 0.311 e. The van der Waals surface area contributed by atoms with Crippen LogP contribution in [0, 0.1) is 10.1 Å². The van der Waals surface area contributed by atoms with Gasteiger partial charge >= 0.3 is 5.69 Å². The molecule has 0 fully saturated rings. The Labute approximate surface area is 134 Å². The highest BCUT2D eigenvalue weighted by Crippen LogP contribution is 2.27. The molecule has 0 aromatic heterocycles. The molecular weight excluding hydrogens is 375 g/mol. The number of nitrogens with zero attached hydrogens (tertiary/aromatic N) is 2. The lowest BCUT2D eigenvalue weighted by Gasteiger charge is -2.16. The van der Waals surface area contributed by atoms with E-state index in [2.05, 4.69) is 15.6 Å². The van der Waals surface area contributed by atoms with Crippen molar-refractivity contribution in [1.29, 1.82) is 0 Å². The first-order valence-electron chi connectivity index (χ1n) is 6.04. The van der Waals surface area contributed by atoms with E-state index < -0.39 is 4.92 Å². The number of nitro benzene ring substituents is 1. The molecule has 0 amide bonds. The molecule has 2 rings (SSSR count). The number of benzene rings is 1. The SMILES string of the molecule is COc1ccc(CNC2=NCCCN2)cc1[N+](=O)[O-].I. The molecule has 0 unspecified atom stereocenters. The van der Waals surface area contributed by atoms with Crippen molar-refractivity contribution in [3.05, 3.63) is 33.9 Å². The fourth-order valence-electron chi connectivity index (χ4n) is 1.82. The standard InChI is InChI=1S/C12H16N4O3.HI/c1-19-11-4-3-9(7-10(11)16(17)18)8-15-12-13-5-2-6-14-12;/h3-4,7H,2,5-6,8H2,1H3,(H2,13,14,15);1H. The average Bonchev–Trinajstić information content (AvgIpc) is 2.46. The Morgan fingerprint density at radius 3 is 2.95 bits per heavy atom. The number of hydrogen-bond donors (Lipinski definition) is 2. The molecule has 1 aromatic rings. The maximum absolute atomic E-state index is 10.9. The molecule has 0 radical (unpaired) electrons. The van der Waals surface area contributed by atoms with Crippen molar-refractivity contribution in [2.45, 2.75) is 13.0 Å². The first kappa shape index (κ1) is 16.5. The van der Waals surface area contributed by atoms with Gasteiger partial charge in [0.1, 0.15) is 0 Å². The Morgan fingerprint density at radius 2 is 2.35 bits per heavy atom. The van der Waals surface area contributed by atoms with Crippen molar-refractivity contribution in [3.8, 4) is 5.75 Å². The molecule has 7 nitrogen and oxygen atoms in total. The van der Waals surface area contributed by atoms with Crippen LogP contribution in [0.1, 0.15) is 12.0 Å². The molecule has 2 N–H and O–H groups in total. The van der Waals surface area contributed by atoms with Gasteiger partial charge in [-0.15, -0.1) is 24.0 Å². The summed E-state index contributed by atoms with van der Waals surface area (Å²) in [4.78, 5) is 14.7. The molecule has 8 heteroatoms. The minimum absolute atomic E-state index is 0. The number of methoxy groups -OCH3 is 1. The van der Waals surface area contributed by atoms with Crippen LogP contribution in [-0.4, -0.2) is 31.1 Å². The summed E-state index contributed by atoms with van der Waals surface area (Å²) in [5.74, 6) is 1.01. The first-order valence-corrected chi connectivity index (χ1v) is 6.04. The van der Waals surface area contributed by atoms with Crippen LogP contribution < -0.4 is 15.4 Å². The maximum atomic E-state index is 10.9. The van der Waals surface area contributed by atoms with Gasteiger partial charge in [0.05, 0.1) is 12.0 Å². The van der Waals surface area contributed by atoms with Crippen LogP contribution in [0.2, 0.25) is 0 Å². The number of hydrogen-bond acceptors (Lipinski definition) is 6.